The first-order chi connectivity index (χ1) is 9.28. The van der Waals surface area contributed by atoms with E-state index < -0.39 is 0 Å². The van der Waals surface area contributed by atoms with Crippen molar-refractivity contribution in [2.45, 2.75) is 0 Å². The Morgan fingerprint density at radius 2 is 1.89 bits per heavy atom. The van der Waals surface area contributed by atoms with Crippen LogP contribution in [0.25, 0.3) is 0 Å². The topological polar surface area (TPSA) is 0 Å². The van der Waals surface area contributed by atoms with Crippen molar-refractivity contribution in [3.63, 3.8) is 0 Å². The Morgan fingerprint density at radius 3 is 2.47 bits per heavy atom. The molecule has 2 rings (SSSR count). The van der Waals surface area contributed by atoms with E-state index in [1.807, 2.05) is 42.5 Å². The number of hydrogen-bond donors (Lipinski definition) is 0. The molecule has 1 unspecified atom stereocenters. The van der Waals surface area contributed by atoms with Gasteiger partial charge in [0.05, 0.1) is 5.92 Å². The second kappa shape index (κ2) is 5.88. The molecule has 1 aromatic rings. The molecule has 0 bridgehead atoms. The highest BCUT2D eigenvalue weighted by Gasteiger charge is 2.14. The van der Waals surface area contributed by atoms with Crippen molar-refractivity contribution < 1.29 is 0 Å². The first-order valence-corrected chi connectivity index (χ1v) is 6.96. The third-order valence-corrected chi connectivity index (χ3v) is 4.60. The van der Waals surface area contributed by atoms with Gasteiger partial charge in [0.25, 0.3) is 0 Å². The highest BCUT2D eigenvalue weighted by Crippen LogP contribution is 2.13. The van der Waals surface area contributed by atoms with E-state index in [4.69, 9.17) is 19.3 Å². The van der Waals surface area contributed by atoms with E-state index in [2.05, 4.69) is 17.8 Å². The van der Waals surface area contributed by atoms with Crippen LogP contribution in [0.15, 0.2) is 48.1 Å². The number of hydrogen-bond acceptors (Lipinski definition) is 0. The van der Waals surface area contributed by atoms with E-state index in [1.165, 1.54) is 5.19 Å². The summed E-state index contributed by atoms with van der Waals surface area (Å²) < 4.78 is 0. The van der Waals surface area contributed by atoms with Gasteiger partial charge < -0.3 is 0 Å². The van der Waals surface area contributed by atoms with Gasteiger partial charge in [0.15, 0.2) is 0 Å². The summed E-state index contributed by atoms with van der Waals surface area (Å²) in [6.07, 6.45) is 25.7. The van der Waals surface area contributed by atoms with Gasteiger partial charge in [-0.15, -0.1) is 6.42 Å². The average Bonchev–Trinajstić information content (AvgIpc) is 2.48. The van der Waals surface area contributed by atoms with Crippen LogP contribution in [0.5, 0.6) is 0 Å². The van der Waals surface area contributed by atoms with Crippen LogP contribution in [-0.2, 0) is 0 Å². The van der Waals surface area contributed by atoms with Gasteiger partial charge in [0, 0.05) is 20.3 Å². The summed E-state index contributed by atoms with van der Waals surface area (Å²) in [5.41, 5.74) is 1.63. The van der Waals surface area contributed by atoms with E-state index >= 15 is 0 Å². The zero-order valence-electron chi connectivity index (χ0n) is 10.3. The molecule has 0 saturated heterocycles. The minimum atomic E-state index is -0.172. The quantitative estimate of drug-likeness (QED) is 0.522. The van der Waals surface area contributed by atoms with Crippen LogP contribution >= 0.6 is 0 Å². The lowest BCUT2D eigenvalue weighted by Gasteiger charge is -2.15. The first kappa shape index (κ1) is 12.9. The molecule has 1 aromatic carbocycles. The molecule has 0 aliphatic heterocycles. The normalized spacial score (nSPS) is 19.1. The molecule has 1 aliphatic rings. The summed E-state index contributed by atoms with van der Waals surface area (Å²) in [5, 5.41) is 2.24. The third kappa shape index (κ3) is 2.83. The highest BCUT2D eigenvalue weighted by molar-refractivity contribution is 6.70. The Bertz CT molecular complexity index is 692. The molecule has 0 aromatic heterocycles. The predicted molar refractivity (Wildman–Crippen MR) is 81.1 cm³/mol. The van der Waals surface area contributed by atoms with Crippen LogP contribution < -0.4 is 5.19 Å². The maximum absolute atomic E-state index is 7.37. The molecule has 86 valence electrons. The standard InChI is InChI=1S/C18H10Si/c1-4-14-10-12-17(13-11-14)19-18-15(5-2)8-7-9-16(18)6-3/h1,7-13,15,19H. The number of allylic oxidation sites excluding steroid dienone is 4. The van der Waals surface area contributed by atoms with Crippen molar-refractivity contribution in [3.8, 4) is 24.2 Å². The first-order valence-electron chi connectivity index (χ1n) is 5.80. The van der Waals surface area contributed by atoms with Crippen LogP contribution in [0.2, 0.25) is 0 Å². The Balaban J connectivity index is 2.43. The van der Waals surface area contributed by atoms with Gasteiger partial charge in [-0.25, -0.2) is 0 Å². The molecule has 0 spiro atoms. The van der Waals surface area contributed by atoms with Gasteiger partial charge in [0.2, 0.25) is 0 Å². The molecule has 1 atom stereocenters. The summed E-state index contributed by atoms with van der Waals surface area (Å²) in [6.45, 7) is 0. The molecule has 0 nitrogen and oxygen atoms in total. The molecule has 1 aliphatic carbocycles. The monoisotopic (exact) mass is 254 g/mol. The van der Waals surface area contributed by atoms with Crippen molar-refractivity contribution in [3.05, 3.63) is 66.5 Å². The molecule has 0 amide bonds. The van der Waals surface area contributed by atoms with Gasteiger partial charge in [-0.1, -0.05) is 42.0 Å². The minimum absolute atomic E-state index is 0.139. The second-order valence-corrected chi connectivity index (χ2v) is 5.66. The zero-order valence-corrected chi connectivity index (χ0v) is 11.4. The van der Waals surface area contributed by atoms with E-state index in [-0.39, 0.29) is 15.0 Å². The van der Waals surface area contributed by atoms with Gasteiger partial charge in [-0.2, -0.15) is 0 Å². The highest BCUT2D eigenvalue weighted by atomic mass is 28.2. The fraction of sp³-hybridized carbons (Fsp3) is 0.0556. The molecule has 0 N–H and O–H groups in total. The lowest BCUT2D eigenvalue weighted by molar-refractivity contribution is 1.20. The van der Waals surface area contributed by atoms with Crippen molar-refractivity contribution in [1.29, 1.82) is 0 Å². The Labute approximate surface area is 116 Å². The van der Waals surface area contributed by atoms with E-state index in [0.717, 1.165) is 16.3 Å². The summed E-state index contributed by atoms with van der Waals surface area (Å²) in [7, 11) is -0.172. The Hall–Kier alpha value is -2.53. The molecule has 0 saturated carbocycles. The van der Waals surface area contributed by atoms with Crippen molar-refractivity contribution in [1.82, 2.24) is 0 Å². The predicted octanol–water partition coefficient (Wildman–Crippen LogP) is 1.19. The average molecular weight is 254 g/mol. The summed E-state index contributed by atoms with van der Waals surface area (Å²) >= 11 is 0. The fourth-order valence-electron chi connectivity index (χ4n) is 1.89. The molecular weight excluding hydrogens is 244 g/mol. The van der Waals surface area contributed by atoms with Crippen LogP contribution in [0.3, 0.4) is 0 Å². The van der Waals surface area contributed by atoms with E-state index in [9.17, 15) is 0 Å². The molecule has 2 radical (unpaired) electrons. The number of benzene rings is 1. The van der Waals surface area contributed by atoms with Crippen molar-refractivity contribution >= 4 is 19.5 Å². The lowest BCUT2D eigenvalue weighted by atomic mass is 9.95. The second-order valence-electron chi connectivity index (χ2n) is 4.08. The van der Waals surface area contributed by atoms with Gasteiger partial charge in [-0.05, 0) is 41.4 Å². The van der Waals surface area contributed by atoms with Crippen LogP contribution in [0.4, 0.5) is 0 Å². The maximum Gasteiger partial charge on any atom is 0.0616 e. The van der Waals surface area contributed by atoms with Crippen LogP contribution in [0.1, 0.15) is 5.56 Å². The van der Waals surface area contributed by atoms with Gasteiger partial charge >= 0.3 is 0 Å². The molecular formula is C18H10Si. The fourth-order valence-corrected chi connectivity index (χ4v) is 3.33. The minimum Gasteiger partial charge on any atom is -0.115 e. The summed E-state index contributed by atoms with van der Waals surface area (Å²) in [5.74, 6) is 7.41. The van der Waals surface area contributed by atoms with Crippen molar-refractivity contribution in [2.75, 3.05) is 0 Å². The molecule has 1 heteroatoms. The number of terminal acetylenes is 1. The van der Waals surface area contributed by atoms with E-state index in [0.29, 0.717) is 0 Å². The molecule has 0 heterocycles. The molecule has 0 fully saturated rings. The van der Waals surface area contributed by atoms with Crippen molar-refractivity contribution in [2.24, 2.45) is 5.92 Å². The zero-order chi connectivity index (χ0) is 13.7. The summed E-state index contributed by atoms with van der Waals surface area (Å²) in [6, 6.07) is 7.86. The Morgan fingerprint density at radius 1 is 1.16 bits per heavy atom. The maximum atomic E-state index is 7.37. The molecule has 19 heavy (non-hydrogen) atoms. The smallest absolute Gasteiger partial charge is 0.0616 e. The lowest BCUT2D eigenvalue weighted by Crippen LogP contribution is -2.24. The van der Waals surface area contributed by atoms with E-state index in [1.54, 1.807) is 0 Å². The van der Waals surface area contributed by atoms with Gasteiger partial charge in [-0.3, -0.25) is 0 Å². The summed E-state index contributed by atoms with van der Waals surface area (Å²) in [4.78, 5) is 0. The Kier molecular flexibility index (Phi) is 3.99. The van der Waals surface area contributed by atoms with Crippen LogP contribution in [0, 0.1) is 42.9 Å². The SMILES string of the molecule is [C]#CC1=CC=CC(C#[C])C1=[SiH]c1ccc(C#C)cc1. The number of rotatable bonds is 1. The van der Waals surface area contributed by atoms with Crippen LogP contribution in [-0.4, -0.2) is 14.3 Å². The van der Waals surface area contributed by atoms with Gasteiger partial charge in [0.1, 0.15) is 0 Å². The third-order valence-electron chi connectivity index (χ3n) is 2.90. The largest absolute Gasteiger partial charge is 0.115 e.